The monoisotopic (exact) mass is 250 g/mol. The molecule has 0 amide bonds. The highest BCUT2D eigenvalue weighted by molar-refractivity contribution is 5.82. The van der Waals surface area contributed by atoms with Crippen molar-refractivity contribution in [2.75, 3.05) is 6.61 Å². The Bertz CT molecular complexity index is 456. The molecule has 0 aromatic heterocycles. The van der Waals surface area contributed by atoms with E-state index in [0.29, 0.717) is 25.7 Å². The predicted molar refractivity (Wildman–Crippen MR) is 64.2 cm³/mol. The van der Waals surface area contributed by atoms with Gasteiger partial charge in [-0.2, -0.15) is 0 Å². The molecule has 0 N–H and O–H groups in total. The number of carbonyl (C=O) groups is 2. The fourth-order valence-corrected chi connectivity index (χ4v) is 2.21. The van der Waals surface area contributed by atoms with E-state index in [9.17, 15) is 14.0 Å². The SMILES string of the molecule is O=Cc1ccc(OCCC2CCCC2=O)c(F)c1. The second kappa shape index (κ2) is 5.76. The number of hydrogen-bond donors (Lipinski definition) is 0. The lowest BCUT2D eigenvalue weighted by Gasteiger charge is -2.10. The maximum Gasteiger partial charge on any atom is 0.165 e. The van der Waals surface area contributed by atoms with Crippen LogP contribution < -0.4 is 4.74 Å². The number of benzene rings is 1. The molecule has 2 rings (SSSR count). The van der Waals surface area contributed by atoms with Crippen molar-refractivity contribution in [2.24, 2.45) is 5.92 Å². The summed E-state index contributed by atoms with van der Waals surface area (Å²) < 4.78 is 18.8. The molecule has 0 bridgehead atoms. The Labute approximate surface area is 105 Å². The van der Waals surface area contributed by atoms with Gasteiger partial charge in [-0.25, -0.2) is 4.39 Å². The highest BCUT2D eigenvalue weighted by Crippen LogP contribution is 2.25. The Morgan fingerprint density at radius 1 is 1.44 bits per heavy atom. The third kappa shape index (κ3) is 2.94. The minimum absolute atomic E-state index is 0.0716. The molecule has 3 nitrogen and oxygen atoms in total. The minimum Gasteiger partial charge on any atom is -0.490 e. The molecule has 18 heavy (non-hydrogen) atoms. The number of Topliss-reactive ketones (excluding diaryl/α,β-unsaturated/α-hetero) is 1. The summed E-state index contributed by atoms with van der Waals surface area (Å²) in [7, 11) is 0. The molecule has 96 valence electrons. The van der Waals surface area contributed by atoms with Gasteiger partial charge in [0.15, 0.2) is 11.6 Å². The van der Waals surface area contributed by atoms with Gasteiger partial charge >= 0.3 is 0 Å². The summed E-state index contributed by atoms with van der Waals surface area (Å²) in [4.78, 5) is 21.8. The van der Waals surface area contributed by atoms with Gasteiger partial charge in [0, 0.05) is 17.9 Å². The third-order valence-electron chi connectivity index (χ3n) is 3.25. The molecule has 4 heteroatoms. The number of carbonyl (C=O) groups excluding carboxylic acids is 2. The Kier molecular flexibility index (Phi) is 4.07. The summed E-state index contributed by atoms with van der Waals surface area (Å²) in [5.74, 6) is -0.0546. The van der Waals surface area contributed by atoms with Crippen molar-refractivity contribution in [3.05, 3.63) is 29.6 Å². The zero-order valence-corrected chi connectivity index (χ0v) is 10.0. The van der Waals surface area contributed by atoms with E-state index >= 15 is 0 Å². The largest absolute Gasteiger partial charge is 0.490 e. The lowest BCUT2D eigenvalue weighted by molar-refractivity contribution is -0.121. The highest BCUT2D eigenvalue weighted by Gasteiger charge is 2.23. The van der Waals surface area contributed by atoms with Crippen molar-refractivity contribution in [1.82, 2.24) is 0 Å². The molecule has 1 aliphatic carbocycles. The van der Waals surface area contributed by atoms with Gasteiger partial charge in [0.25, 0.3) is 0 Å². The summed E-state index contributed by atoms with van der Waals surface area (Å²) in [5.41, 5.74) is 0.283. The zero-order valence-electron chi connectivity index (χ0n) is 10.0. The first-order valence-electron chi connectivity index (χ1n) is 6.11. The van der Waals surface area contributed by atoms with Gasteiger partial charge in [-0.15, -0.1) is 0 Å². The van der Waals surface area contributed by atoms with Crippen LogP contribution in [0.2, 0.25) is 0 Å². The summed E-state index contributed by atoms with van der Waals surface area (Å²) in [6.45, 7) is 0.327. The number of rotatable bonds is 5. The molecule has 0 aliphatic heterocycles. The van der Waals surface area contributed by atoms with Gasteiger partial charge in [-0.3, -0.25) is 9.59 Å². The smallest absolute Gasteiger partial charge is 0.165 e. The van der Waals surface area contributed by atoms with Gasteiger partial charge in [0.2, 0.25) is 0 Å². The second-order valence-electron chi connectivity index (χ2n) is 4.50. The van der Waals surface area contributed by atoms with Gasteiger partial charge in [-0.05, 0) is 37.5 Å². The Balaban J connectivity index is 1.86. The van der Waals surface area contributed by atoms with Gasteiger partial charge < -0.3 is 4.74 Å². The minimum atomic E-state index is -0.544. The van der Waals surface area contributed by atoms with Crippen LogP contribution in [0, 0.1) is 11.7 Å². The molecule has 0 spiro atoms. The quantitative estimate of drug-likeness (QED) is 0.755. The molecular formula is C14H15FO3. The van der Waals surface area contributed by atoms with E-state index in [1.54, 1.807) is 0 Å². The molecule has 1 aliphatic rings. The summed E-state index contributed by atoms with van der Waals surface area (Å²) in [5, 5.41) is 0. The van der Waals surface area contributed by atoms with Crippen molar-refractivity contribution in [3.63, 3.8) is 0 Å². The van der Waals surface area contributed by atoms with Crippen molar-refractivity contribution < 1.29 is 18.7 Å². The van der Waals surface area contributed by atoms with Gasteiger partial charge in [0.1, 0.15) is 12.1 Å². The van der Waals surface area contributed by atoms with Crippen LogP contribution >= 0.6 is 0 Å². The second-order valence-corrected chi connectivity index (χ2v) is 4.50. The number of aldehydes is 1. The molecule has 1 unspecified atom stereocenters. The zero-order chi connectivity index (χ0) is 13.0. The van der Waals surface area contributed by atoms with Crippen LogP contribution in [0.15, 0.2) is 18.2 Å². The van der Waals surface area contributed by atoms with E-state index in [-0.39, 0.29) is 23.0 Å². The maximum atomic E-state index is 13.5. The summed E-state index contributed by atoms with van der Waals surface area (Å²) in [6, 6.07) is 4.09. The van der Waals surface area contributed by atoms with Crippen LogP contribution in [0.4, 0.5) is 4.39 Å². The molecule has 1 aromatic carbocycles. The Morgan fingerprint density at radius 2 is 2.28 bits per heavy atom. The van der Waals surface area contributed by atoms with Gasteiger partial charge in [0.05, 0.1) is 6.61 Å². The van der Waals surface area contributed by atoms with E-state index in [1.165, 1.54) is 12.1 Å². The molecule has 0 heterocycles. The first-order valence-corrected chi connectivity index (χ1v) is 6.11. The van der Waals surface area contributed by atoms with Crippen molar-refractivity contribution in [2.45, 2.75) is 25.7 Å². The molecule has 0 radical (unpaired) electrons. The van der Waals surface area contributed by atoms with Crippen LogP contribution in [0.25, 0.3) is 0 Å². The number of ketones is 1. The average molecular weight is 250 g/mol. The van der Waals surface area contributed by atoms with Crippen LogP contribution in [-0.4, -0.2) is 18.7 Å². The van der Waals surface area contributed by atoms with E-state index in [1.807, 2.05) is 0 Å². The van der Waals surface area contributed by atoms with E-state index in [4.69, 9.17) is 4.74 Å². The topological polar surface area (TPSA) is 43.4 Å². The van der Waals surface area contributed by atoms with Crippen LogP contribution in [-0.2, 0) is 4.79 Å². The normalized spacial score (nSPS) is 18.9. The average Bonchev–Trinajstić information content (AvgIpc) is 2.77. The van der Waals surface area contributed by atoms with E-state index in [0.717, 1.165) is 18.9 Å². The maximum absolute atomic E-state index is 13.5. The lowest BCUT2D eigenvalue weighted by atomic mass is 10.0. The van der Waals surface area contributed by atoms with Crippen LogP contribution in [0.3, 0.4) is 0 Å². The molecule has 1 atom stereocenters. The third-order valence-corrected chi connectivity index (χ3v) is 3.25. The van der Waals surface area contributed by atoms with Crippen LogP contribution in [0.5, 0.6) is 5.75 Å². The standard InChI is InChI=1S/C14H15FO3/c15-12-8-10(9-16)4-5-14(12)18-7-6-11-2-1-3-13(11)17/h4-5,8-9,11H,1-3,6-7H2. The summed E-state index contributed by atoms with van der Waals surface area (Å²) >= 11 is 0. The van der Waals surface area contributed by atoms with Crippen molar-refractivity contribution in [3.8, 4) is 5.75 Å². The molecule has 1 aromatic rings. The van der Waals surface area contributed by atoms with Crippen LogP contribution in [0.1, 0.15) is 36.0 Å². The lowest BCUT2D eigenvalue weighted by Crippen LogP contribution is -2.11. The number of halogens is 1. The van der Waals surface area contributed by atoms with Gasteiger partial charge in [-0.1, -0.05) is 0 Å². The molecule has 1 saturated carbocycles. The van der Waals surface area contributed by atoms with E-state index in [2.05, 4.69) is 0 Å². The molecule has 0 saturated heterocycles. The Hall–Kier alpha value is -1.71. The van der Waals surface area contributed by atoms with Crippen molar-refractivity contribution >= 4 is 12.1 Å². The fraction of sp³-hybridized carbons (Fsp3) is 0.429. The highest BCUT2D eigenvalue weighted by atomic mass is 19.1. The summed E-state index contributed by atoms with van der Waals surface area (Å²) in [6.07, 6.45) is 3.74. The number of ether oxygens (including phenoxy) is 1. The first-order chi connectivity index (χ1) is 8.70. The van der Waals surface area contributed by atoms with Crippen molar-refractivity contribution in [1.29, 1.82) is 0 Å². The predicted octanol–water partition coefficient (Wildman–Crippen LogP) is 2.78. The molecular weight excluding hydrogens is 235 g/mol. The molecule has 1 fully saturated rings. The van der Waals surface area contributed by atoms with E-state index < -0.39 is 5.82 Å². The number of hydrogen-bond acceptors (Lipinski definition) is 3. The Morgan fingerprint density at radius 3 is 2.89 bits per heavy atom. The first kappa shape index (κ1) is 12.7. The fourth-order valence-electron chi connectivity index (χ4n) is 2.21.